The second kappa shape index (κ2) is 3.78. The van der Waals surface area contributed by atoms with E-state index >= 15 is 0 Å². The number of nitrogens with one attached hydrogen (secondary N) is 1. The Morgan fingerprint density at radius 3 is 2.76 bits per heavy atom. The van der Waals surface area contributed by atoms with Gasteiger partial charge in [0.25, 0.3) is 0 Å². The Balaban J connectivity index is 2.13. The molecule has 1 heterocycles. The fourth-order valence-corrected chi connectivity index (χ4v) is 2.81. The highest BCUT2D eigenvalue weighted by Crippen LogP contribution is 2.35. The molecule has 2 aromatic rings. The molecular weight excluding hydrogens is 285 g/mol. The number of aromatic amines is 1. The first kappa shape index (κ1) is 11.2. The van der Waals surface area contributed by atoms with E-state index in [2.05, 4.69) is 25.9 Å². The van der Waals surface area contributed by atoms with E-state index in [1.165, 1.54) is 6.07 Å². The summed E-state index contributed by atoms with van der Waals surface area (Å²) < 4.78 is 13.8. The number of aromatic nitrogens is 2. The van der Waals surface area contributed by atoms with Crippen LogP contribution in [0.1, 0.15) is 31.5 Å². The Bertz CT molecular complexity index is 533. The van der Waals surface area contributed by atoms with E-state index in [1.807, 2.05) is 0 Å². The molecule has 0 spiro atoms. The molecule has 1 aliphatic carbocycles. The molecule has 0 radical (unpaired) electrons. The fourth-order valence-electron chi connectivity index (χ4n) is 2.48. The van der Waals surface area contributed by atoms with Crippen molar-refractivity contribution >= 4 is 27.0 Å². The Labute approximate surface area is 107 Å². The summed E-state index contributed by atoms with van der Waals surface area (Å²) in [7, 11) is 0. The lowest BCUT2D eigenvalue weighted by atomic mass is 9.99. The van der Waals surface area contributed by atoms with E-state index in [1.54, 1.807) is 6.07 Å². The second-order valence-electron chi connectivity index (χ2n) is 4.73. The smallest absolute Gasteiger partial charge is 0.139 e. The normalized spacial score (nSPS) is 19.0. The monoisotopic (exact) mass is 297 g/mol. The number of H-pyrrole nitrogens is 1. The molecule has 90 valence electrons. The Morgan fingerprint density at radius 2 is 2.06 bits per heavy atom. The number of imidazole rings is 1. The molecule has 0 atom stereocenters. The third-order valence-electron chi connectivity index (χ3n) is 3.49. The lowest BCUT2D eigenvalue weighted by Crippen LogP contribution is -2.34. The summed E-state index contributed by atoms with van der Waals surface area (Å²) in [6.07, 6.45) is 4.14. The number of nitrogens with two attached hydrogens (primary N) is 1. The molecule has 5 heteroatoms. The number of rotatable bonds is 1. The van der Waals surface area contributed by atoms with E-state index in [-0.39, 0.29) is 11.4 Å². The van der Waals surface area contributed by atoms with E-state index in [4.69, 9.17) is 5.73 Å². The van der Waals surface area contributed by atoms with Crippen LogP contribution in [-0.4, -0.2) is 9.97 Å². The van der Waals surface area contributed by atoms with Crippen molar-refractivity contribution in [2.24, 2.45) is 5.73 Å². The quantitative estimate of drug-likeness (QED) is 0.849. The lowest BCUT2D eigenvalue weighted by Gasteiger charge is -2.19. The van der Waals surface area contributed by atoms with Gasteiger partial charge in [0.1, 0.15) is 11.6 Å². The first-order valence-electron chi connectivity index (χ1n) is 5.73. The molecular formula is C12H13BrFN3. The van der Waals surface area contributed by atoms with Gasteiger partial charge in [0.15, 0.2) is 0 Å². The minimum absolute atomic E-state index is 0.287. The average Bonchev–Trinajstić information content (AvgIpc) is 2.87. The van der Waals surface area contributed by atoms with Gasteiger partial charge in [0, 0.05) is 6.07 Å². The molecule has 1 aliphatic rings. The Kier molecular flexibility index (Phi) is 2.48. The summed E-state index contributed by atoms with van der Waals surface area (Å²) in [4.78, 5) is 7.64. The van der Waals surface area contributed by atoms with Crippen molar-refractivity contribution < 1.29 is 4.39 Å². The van der Waals surface area contributed by atoms with E-state index < -0.39 is 0 Å². The van der Waals surface area contributed by atoms with Crippen molar-refractivity contribution in [3.05, 3.63) is 28.2 Å². The maximum atomic E-state index is 13.4. The molecule has 3 N–H and O–H groups in total. The van der Waals surface area contributed by atoms with Crippen molar-refractivity contribution in [3.63, 3.8) is 0 Å². The number of hydrogen-bond acceptors (Lipinski definition) is 2. The first-order valence-corrected chi connectivity index (χ1v) is 6.52. The van der Waals surface area contributed by atoms with Crippen molar-refractivity contribution in [1.29, 1.82) is 0 Å². The molecule has 17 heavy (non-hydrogen) atoms. The molecule has 3 rings (SSSR count). The van der Waals surface area contributed by atoms with Crippen LogP contribution in [0, 0.1) is 5.82 Å². The van der Waals surface area contributed by atoms with Gasteiger partial charge in [-0.25, -0.2) is 9.37 Å². The highest BCUT2D eigenvalue weighted by Gasteiger charge is 2.34. The number of benzene rings is 1. The third-order valence-corrected chi connectivity index (χ3v) is 4.10. The molecule has 1 aromatic carbocycles. The minimum Gasteiger partial charge on any atom is -0.340 e. The topological polar surface area (TPSA) is 54.7 Å². The van der Waals surface area contributed by atoms with Crippen LogP contribution in [0.15, 0.2) is 16.6 Å². The van der Waals surface area contributed by atoms with E-state index in [9.17, 15) is 4.39 Å². The van der Waals surface area contributed by atoms with Crippen LogP contribution in [0.4, 0.5) is 4.39 Å². The number of hydrogen-bond donors (Lipinski definition) is 2. The van der Waals surface area contributed by atoms with E-state index in [0.717, 1.165) is 37.0 Å². The van der Waals surface area contributed by atoms with E-state index in [0.29, 0.717) is 9.99 Å². The van der Waals surface area contributed by atoms with Gasteiger partial charge in [-0.2, -0.15) is 0 Å². The van der Waals surface area contributed by atoms with Gasteiger partial charge < -0.3 is 10.7 Å². The van der Waals surface area contributed by atoms with Crippen LogP contribution in [0.2, 0.25) is 0 Å². The summed E-state index contributed by atoms with van der Waals surface area (Å²) in [6, 6.07) is 3.14. The molecule has 1 saturated carbocycles. The van der Waals surface area contributed by atoms with Gasteiger partial charge in [-0.1, -0.05) is 12.8 Å². The van der Waals surface area contributed by atoms with Crippen LogP contribution in [0.25, 0.3) is 11.0 Å². The summed E-state index contributed by atoms with van der Waals surface area (Å²) in [6.45, 7) is 0. The zero-order valence-electron chi connectivity index (χ0n) is 9.26. The van der Waals surface area contributed by atoms with Crippen molar-refractivity contribution in [2.45, 2.75) is 31.2 Å². The predicted octanol–water partition coefficient (Wildman–Crippen LogP) is 3.19. The predicted molar refractivity (Wildman–Crippen MR) is 68.1 cm³/mol. The zero-order chi connectivity index (χ0) is 12.0. The van der Waals surface area contributed by atoms with Crippen LogP contribution in [-0.2, 0) is 5.54 Å². The highest BCUT2D eigenvalue weighted by atomic mass is 79.9. The van der Waals surface area contributed by atoms with Gasteiger partial charge in [-0.15, -0.1) is 0 Å². The zero-order valence-corrected chi connectivity index (χ0v) is 10.8. The molecule has 0 bridgehead atoms. The van der Waals surface area contributed by atoms with Crippen molar-refractivity contribution in [2.75, 3.05) is 0 Å². The molecule has 0 unspecified atom stereocenters. The Morgan fingerprint density at radius 1 is 1.35 bits per heavy atom. The van der Waals surface area contributed by atoms with Gasteiger partial charge in [-0.05, 0) is 34.8 Å². The van der Waals surface area contributed by atoms with Gasteiger partial charge in [0.05, 0.1) is 21.0 Å². The summed E-state index contributed by atoms with van der Waals surface area (Å²) in [5, 5.41) is 0. The molecule has 1 fully saturated rings. The second-order valence-corrected chi connectivity index (χ2v) is 5.59. The largest absolute Gasteiger partial charge is 0.340 e. The highest BCUT2D eigenvalue weighted by molar-refractivity contribution is 9.10. The van der Waals surface area contributed by atoms with Gasteiger partial charge in [-0.3, -0.25) is 0 Å². The summed E-state index contributed by atoms with van der Waals surface area (Å²) >= 11 is 3.16. The first-order chi connectivity index (χ1) is 8.08. The standard InChI is InChI=1S/C12H13BrFN3/c13-7-5-9-10(6-8(7)14)17-11(16-9)12(15)3-1-2-4-12/h5-6H,1-4,15H2,(H,16,17). The maximum absolute atomic E-state index is 13.4. The SMILES string of the molecule is NC1(c2nc3cc(Br)c(F)cc3[nH]2)CCCC1. The number of halogens is 2. The van der Waals surface area contributed by atoms with Gasteiger partial charge >= 0.3 is 0 Å². The van der Waals surface area contributed by atoms with Crippen molar-refractivity contribution in [1.82, 2.24) is 9.97 Å². The van der Waals surface area contributed by atoms with Crippen LogP contribution >= 0.6 is 15.9 Å². The molecule has 0 aliphatic heterocycles. The molecule has 0 amide bonds. The fraction of sp³-hybridized carbons (Fsp3) is 0.417. The number of fused-ring (bicyclic) bond motifs is 1. The van der Waals surface area contributed by atoms with Crippen LogP contribution in [0.3, 0.4) is 0 Å². The van der Waals surface area contributed by atoms with Crippen LogP contribution < -0.4 is 5.73 Å². The lowest BCUT2D eigenvalue weighted by molar-refractivity contribution is 0.437. The van der Waals surface area contributed by atoms with Crippen LogP contribution in [0.5, 0.6) is 0 Å². The molecule has 1 aromatic heterocycles. The maximum Gasteiger partial charge on any atom is 0.139 e. The summed E-state index contributed by atoms with van der Waals surface area (Å²) in [5.41, 5.74) is 7.42. The minimum atomic E-state index is -0.359. The molecule has 3 nitrogen and oxygen atoms in total. The summed E-state index contributed by atoms with van der Waals surface area (Å²) in [5.74, 6) is 0.493. The molecule has 0 saturated heterocycles. The average molecular weight is 298 g/mol. The number of nitrogens with zero attached hydrogens (tertiary/aromatic N) is 1. The van der Waals surface area contributed by atoms with Gasteiger partial charge in [0.2, 0.25) is 0 Å². The third kappa shape index (κ3) is 1.77. The van der Waals surface area contributed by atoms with Crippen molar-refractivity contribution in [3.8, 4) is 0 Å². The Hall–Kier alpha value is -0.940.